The first-order valence-electron chi connectivity index (χ1n) is 9.15. The van der Waals surface area contributed by atoms with Crippen LogP contribution in [-0.2, 0) is 0 Å². The highest BCUT2D eigenvalue weighted by atomic mass is 79.9. The number of hydrogen-bond donors (Lipinski definition) is 1. The number of fused-ring (bicyclic) bond motifs is 1. The van der Waals surface area contributed by atoms with E-state index in [0.717, 1.165) is 18.4 Å². The van der Waals surface area contributed by atoms with Crippen molar-refractivity contribution in [3.8, 4) is 23.0 Å². The van der Waals surface area contributed by atoms with Crippen molar-refractivity contribution in [1.82, 2.24) is 4.98 Å². The highest BCUT2D eigenvalue weighted by Crippen LogP contribution is 2.44. The van der Waals surface area contributed by atoms with Crippen LogP contribution in [0.15, 0.2) is 51.4 Å². The molecule has 0 unspecified atom stereocenters. The minimum Gasteiger partial charge on any atom is -0.486 e. The van der Waals surface area contributed by atoms with Crippen molar-refractivity contribution in [2.24, 2.45) is 0 Å². The van der Waals surface area contributed by atoms with E-state index in [1.165, 1.54) is 0 Å². The molecule has 1 N–H and O–H groups in total. The van der Waals surface area contributed by atoms with Gasteiger partial charge in [0.25, 0.3) is 5.91 Å². The molecule has 1 aromatic heterocycles. The second-order valence-corrected chi connectivity index (χ2v) is 7.66. The Morgan fingerprint density at radius 1 is 1.07 bits per heavy atom. The molecule has 0 atom stereocenters. The lowest BCUT2D eigenvalue weighted by Gasteiger charge is -2.20. The fraction of sp³-hybridized carbons (Fsp3) is 0.238. The quantitative estimate of drug-likeness (QED) is 0.617. The van der Waals surface area contributed by atoms with Crippen molar-refractivity contribution >= 4 is 27.5 Å². The van der Waals surface area contributed by atoms with E-state index < -0.39 is 0 Å². The molecule has 142 valence electrons. The van der Waals surface area contributed by atoms with Gasteiger partial charge in [0.2, 0.25) is 5.89 Å². The summed E-state index contributed by atoms with van der Waals surface area (Å²) in [7, 11) is 0. The Balaban J connectivity index is 1.46. The maximum Gasteiger partial charge on any atom is 0.277 e. The van der Waals surface area contributed by atoms with Crippen LogP contribution >= 0.6 is 15.9 Å². The SMILES string of the molecule is O=C(Nc1cc2c(cc1Br)OCCO2)c1nc(-c2ccccc2)oc1C1CC1. The number of halogens is 1. The number of nitrogens with zero attached hydrogens (tertiary/aromatic N) is 1. The van der Waals surface area contributed by atoms with Crippen LogP contribution in [0, 0.1) is 0 Å². The van der Waals surface area contributed by atoms with Crippen LogP contribution in [0.4, 0.5) is 5.69 Å². The standard InChI is InChI=1S/C21H17BrN2O4/c22-14-10-16-17(27-9-8-26-16)11-15(14)23-20(25)18-19(12-6-7-12)28-21(24-18)13-4-2-1-3-5-13/h1-5,10-12H,6-9H2,(H,23,25). The molecule has 7 heteroatoms. The molecule has 0 bridgehead atoms. The summed E-state index contributed by atoms with van der Waals surface area (Å²) in [4.78, 5) is 17.5. The van der Waals surface area contributed by atoms with Crippen molar-refractivity contribution < 1.29 is 18.7 Å². The van der Waals surface area contributed by atoms with E-state index in [0.29, 0.717) is 52.2 Å². The average Bonchev–Trinajstić information content (AvgIpc) is 3.47. The number of rotatable bonds is 4. The van der Waals surface area contributed by atoms with E-state index in [-0.39, 0.29) is 11.8 Å². The van der Waals surface area contributed by atoms with Gasteiger partial charge in [-0.2, -0.15) is 0 Å². The largest absolute Gasteiger partial charge is 0.486 e. The summed E-state index contributed by atoms with van der Waals surface area (Å²) in [5.74, 6) is 2.35. The number of anilines is 1. The fourth-order valence-corrected chi connectivity index (χ4v) is 3.58. The Kier molecular flexibility index (Phi) is 4.31. The zero-order valence-electron chi connectivity index (χ0n) is 14.9. The fourth-order valence-electron chi connectivity index (χ4n) is 3.16. The number of aromatic nitrogens is 1. The lowest BCUT2D eigenvalue weighted by atomic mass is 10.2. The Morgan fingerprint density at radius 2 is 1.79 bits per heavy atom. The molecule has 3 aromatic rings. The van der Waals surface area contributed by atoms with E-state index in [2.05, 4.69) is 26.2 Å². The summed E-state index contributed by atoms with van der Waals surface area (Å²) in [5.41, 5.74) is 1.78. The van der Waals surface area contributed by atoms with Gasteiger partial charge in [-0.15, -0.1) is 0 Å². The number of benzene rings is 2. The maximum absolute atomic E-state index is 13.0. The Labute approximate surface area is 170 Å². The Hall–Kier alpha value is -2.80. The summed E-state index contributed by atoms with van der Waals surface area (Å²) >= 11 is 3.48. The van der Waals surface area contributed by atoms with Gasteiger partial charge in [0.1, 0.15) is 19.0 Å². The number of hydrogen-bond acceptors (Lipinski definition) is 5. The molecule has 1 aliphatic heterocycles. The van der Waals surface area contributed by atoms with Crippen LogP contribution in [0.2, 0.25) is 0 Å². The molecule has 5 rings (SSSR count). The number of carbonyl (C=O) groups excluding carboxylic acids is 1. The predicted molar refractivity (Wildman–Crippen MR) is 107 cm³/mol. The molecule has 1 amide bonds. The van der Waals surface area contributed by atoms with Gasteiger partial charge < -0.3 is 19.2 Å². The summed E-state index contributed by atoms with van der Waals surface area (Å²) in [6.45, 7) is 0.995. The van der Waals surface area contributed by atoms with E-state index in [1.807, 2.05) is 30.3 Å². The Bertz CT molecular complexity index is 1040. The summed E-state index contributed by atoms with van der Waals surface area (Å²) in [6.07, 6.45) is 2.02. The van der Waals surface area contributed by atoms with Crippen LogP contribution in [0.3, 0.4) is 0 Å². The monoisotopic (exact) mass is 440 g/mol. The number of oxazole rings is 1. The molecule has 1 saturated carbocycles. The molecular formula is C21H17BrN2O4. The molecule has 2 heterocycles. The first-order valence-corrected chi connectivity index (χ1v) is 9.95. The molecular weight excluding hydrogens is 424 g/mol. The second kappa shape index (κ2) is 6.98. The maximum atomic E-state index is 13.0. The van der Waals surface area contributed by atoms with Crippen molar-refractivity contribution in [3.63, 3.8) is 0 Å². The van der Waals surface area contributed by atoms with Gasteiger partial charge in [0, 0.05) is 28.1 Å². The zero-order valence-corrected chi connectivity index (χ0v) is 16.5. The van der Waals surface area contributed by atoms with Gasteiger partial charge in [-0.05, 0) is 40.9 Å². The number of carbonyl (C=O) groups is 1. The molecule has 0 radical (unpaired) electrons. The third kappa shape index (κ3) is 3.26. The van der Waals surface area contributed by atoms with Crippen LogP contribution in [0.5, 0.6) is 11.5 Å². The van der Waals surface area contributed by atoms with Crippen molar-refractivity contribution in [2.75, 3.05) is 18.5 Å². The molecule has 6 nitrogen and oxygen atoms in total. The predicted octanol–water partition coefficient (Wildman–Crippen LogP) is 5.01. The van der Waals surface area contributed by atoms with E-state index in [4.69, 9.17) is 13.9 Å². The average molecular weight is 441 g/mol. The molecule has 1 fully saturated rings. The van der Waals surface area contributed by atoms with Gasteiger partial charge in [-0.1, -0.05) is 18.2 Å². The summed E-state index contributed by atoms with van der Waals surface area (Å²) < 4.78 is 17.9. The van der Waals surface area contributed by atoms with Gasteiger partial charge in [-0.25, -0.2) is 4.98 Å². The number of amides is 1. The molecule has 2 aromatic carbocycles. The van der Waals surface area contributed by atoms with E-state index in [1.54, 1.807) is 12.1 Å². The number of nitrogens with one attached hydrogen (secondary N) is 1. The summed E-state index contributed by atoms with van der Waals surface area (Å²) in [6, 6.07) is 13.2. The van der Waals surface area contributed by atoms with Crippen LogP contribution < -0.4 is 14.8 Å². The number of ether oxygens (including phenoxy) is 2. The summed E-state index contributed by atoms with van der Waals surface area (Å²) in [5, 5.41) is 2.92. The van der Waals surface area contributed by atoms with Gasteiger partial charge >= 0.3 is 0 Å². The molecule has 1 aliphatic carbocycles. The van der Waals surface area contributed by atoms with Crippen LogP contribution in [-0.4, -0.2) is 24.1 Å². The highest BCUT2D eigenvalue weighted by molar-refractivity contribution is 9.10. The van der Waals surface area contributed by atoms with E-state index >= 15 is 0 Å². The Morgan fingerprint density at radius 3 is 2.50 bits per heavy atom. The highest BCUT2D eigenvalue weighted by Gasteiger charge is 2.34. The first-order chi connectivity index (χ1) is 13.7. The third-order valence-electron chi connectivity index (χ3n) is 4.72. The molecule has 0 spiro atoms. The van der Waals surface area contributed by atoms with Crippen LogP contribution in [0.1, 0.15) is 35.0 Å². The first kappa shape index (κ1) is 17.3. The van der Waals surface area contributed by atoms with E-state index in [9.17, 15) is 4.79 Å². The van der Waals surface area contributed by atoms with Crippen molar-refractivity contribution in [2.45, 2.75) is 18.8 Å². The lowest BCUT2D eigenvalue weighted by molar-refractivity contribution is 0.102. The van der Waals surface area contributed by atoms with Gasteiger partial charge in [0.15, 0.2) is 17.2 Å². The van der Waals surface area contributed by atoms with Crippen molar-refractivity contribution in [3.05, 3.63) is 58.4 Å². The van der Waals surface area contributed by atoms with Crippen molar-refractivity contribution in [1.29, 1.82) is 0 Å². The van der Waals surface area contributed by atoms with Gasteiger partial charge in [0.05, 0.1) is 5.69 Å². The van der Waals surface area contributed by atoms with Gasteiger partial charge in [-0.3, -0.25) is 4.79 Å². The topological polar surface area (TPSA) is 73.6 Å². The molecule has 0 saturated heterocycles. The minimum atomic E-state index is -0.301. The van der Waals surface area contributed by atoms with Crippen LogP contribution in [0.25, 0.3) is 11.5 Å². The minimum absolute atomic E-state index is 0.259. The second-order valence-electron chi connectivity index (χ2n) is 6.80. The zero-order chi connectivity index (χ0) is 19.1. The molecule has 28 heavy (non-hydrogen) atoms. The smallest absolute Gasteiger partial charge is 0.277 e. The normalized spacial score (nSPS) is 15.3. The lowest BCUT2D eigenvalue weighted by Crippen LogP contribution is -2.17. The molecule has 2 aliphatic rings. The third-order valence-corrected chi connectivity index (χ3v) is 5.37.